The molecular formula is C15H19FN2O. The van der Waals surface area contributed by atoms with E-state index < -0.39 is 0 Å². The molecule has 3 nitrogen and oxygen atoms in total. The van der Waals surface area contributed by atoms with E-state index >= 15 is 0 Å². The molecule has 0 aliphatic rings. The molecule has 1 atom stereocenters. The molecular weight excluding hydrogens is 243 g/mol. The second-order valence-electron chi connectivity index (χ2n) is 4.70. The van der Waals surface area contributed by atoms with Crippen LogP contribution in [0, 0.1) is 12.7 Å². The Kier molecular flexibility index (Phi) is 4.32. The summed E-state index contributed by atoms with van der Waals surface area (Å²) in [6.07, 6.45) is 2.75. The van der Waals surface area contributed by atoms with E-state index in [1.54, 1.807) is 25.3 Å². The summed E-state index contributed by atoms with van der Waals surface area (Å²) in [5, 5.41) is 3.32. The number of aryl methyl sites for hydroxylation is 1. The number of oxazole rings is 1. The lowest BCUT2D eigenvalue weighted by molar-refractivity contribution is 0.423. The second kappa shape index (κ2) is 5.97. The van der Waals surface area contributed by atoms with Gasteiger partial charge in [0.1, 0.15) is 5.82 Å². The molecule has 1 heterocycles. The molecule has 0 bridgehead atoms. The van der Waals surface area contributed by atoms with Crippen molar-refractivity contribution in [3.05, 3.63) is 41.7 Å². The summed E-state index contributed by atoms with van der Waals surface area (Å²) in [7, 11) is 0. The Balaban J connectivity index is 2.18. The predicted octanol–water partition coefficient (Wildman–Crippen LogP) is 3.85. The lowest BCUT2D eigenvalue weighted by atomic mass is 10.1. The third kappa shape index (κ3) is 3.20. The van der Waals surface area contributed by atoms with Gasteiger partial charge in [0.15, 0.2) is 5.76 Å². The van der Waals surface area contributed by atoms with Crippen LogP contribution < -0.4 is 5.32 Å². The van der Waals surface area contributed by atoms with Crippen LogP contribution in [0.15, 0.2) is 28.8 Å². The summed E-state index contributed by atoms with van der Waals surface area (Å²) in [5.74, 6) is 1.12. The first kappa shape index (κ1) is 13.7. The molecule has 1 N–H and O–H groups in total. The van der Waals surface area contributed by atoms with Crippen molar-refractivity contribution < 1.29 is 8.81 Å². The molecule has 0 amide bonds. The molecule has 1 aromatic carbocycles. The van der Waals surface area contributed by atoms with Gasteiger partial charge in [0.25, 0.3) is 0 Å². The minimum absolute atomic E-state index is 0.0789. The summed E-state index contributed by atoms with van der Waals surface area (Å²) < 4.78 is 19.0. The number of hydrogen-bond donors (Lipinski definition) is 1. The average Bonchev–Trinajstić information content (AvgIpc) is 2.89. The van der Waals surface area contributed by atoms with E-state index in [9.17, 15) is 4.39 Å². The number of halogens is 1. The van der Waals surface area contributed by atoms with Gasteiger partial charge in [-0.15, -0.1) is 0 Å². The van der Waals surface area contributed by atoms with E-state index in [4.69, 9.17) is 4.42 Å². The van der Waals surface area contributed by atoms with Crippen LogP contribution in [-0.2, 0) is 0 Å². The average molecular weight is 262 g/mol. The van der Waals surface area contributed by atoms with Gasteiger partial charge in [-0.2, -0.15) is 0 Å². The zero-order valence-electron chi connectivity index (χ0n) is 11.5. The van der Waals surface area contributed by atoms with E-state index in [0.717, 1.165) is 18.5 Å². The van der Waals surface area contributed by atoms with Crippen molar-refractivity contribution in [1.82, 2.24) is 10.3 Å². The molecule has 0 spiro atoms. The lowest BCUT2D eigenvalue weighted by Gasteiger charge is -2.08. The monoisotopic (exact) mass is 262 g/mol. The normalized spacial score (nSPS) is 12.6. The number of rotatable bonds is 5. The molecule has 0 radical (unpaired) electrons. The van der Waals surface area contributed by atoms with Crippen molar-refractivity contribution in [2.45, 2.75) is 33.2 Å². The Morgan fingerprint density at radius 3 is 2.89 bits per heavy atom. The maximum Gasteiger partial charge on any atom is 0.211 e. The van der Waals surface area contributed by atoms with Gasteiger partial charge in [0.05, 0.1) is 12.2 Å². The molecule has 4 heteroatoms. The van der Waals surface area contributed by atoms with Crippen LogP contribution in [0.5, 0.6) is 0 Å². The van der Waals surface area contributed by atoms with Crippen molar-refractivity contribution in [3.8, 4) is 11.3 Å². The van der Waals surface area contributed by atoms with Crippen molar-refractivity contribution in [2.75, 3.05) is 6.54 Å². The van der Waals surface area contributed by atoms with Crippen molar-refractivity contribution >= 4 is 0 Å². The fraction of sp³-hybridized carbons (Fsp3) is 0.400. The van der Waals surface area contributed by atoms with Crippen molar-refractivity contribution in [1.29, 1.82) is 0 Å². The summed E-state index contributed by atoms with van der Waals surface area (Å²) in [6.45, 7) is 6.79. The third-order valence-corrected chi connectivity index (χ3v) is 3.04. The number of hydrogen-bond acceptors (Lipinski definition) is 3. The number of benzene rings is 1. The van der Waals surface area contributed by atoms with E-state index in [-0.39, 0.29) is 11.9 Å². The van der Waals surface area contributed by atoms with E-state index in [2.05, 4.69) is 17.2 Å². The van der Waals surface area contributed by atoms with E-state index in [1.807, 2.05) is 6.92 Å². The molecule has 0 fully saturated rings. The van der Waals surface area contributed by atoms with Crippen molar-refractivity contribution in [3.63, 3.8) is 0 Å². The summed E-state index contributed by atoms with van der Waals surface area (Å²) >= 11 is 0. The van der Waals surface area contributed by atoms with Crippen LogP contribution in [0.2, 0.25) is 0 Å². The van der Waals surface area contributed by atoms with Crippen LogP contribution in [0.25, 0.3) is 11.3 Å². The zero-order chi connectivity index (χ0) is 13.8. The van der Waals surface area contributed by atoms with Crippen LogP contribution in [-0.4, -0.2) is 11.5 Å². The van der Waals surface area contributed by atoms with Gasteiger partial charge in [-0.1, -0.05) is 6.92 Å². The molecule has 102 valence electrons. The van der Waals surface area contributed by atoms with Gasteiger partial charge < -0.3 is 9.73 Å². The Labute approximate surface area is 112 Å². The van der Waals surface area contributed by atoms with Crippen LogP contribution in [0.3, 0.4) is 0 Å². The first-order chi connectivity index (χ1) is 9.11. The maximum absolute atomic E-state index is 13.2. The molecule has 1 aromatic heterocycles. The SMILES string of the molecule is CCCNC(C)c1ncc(-c2ccc(F)c(C)c2)o1. The van der Waals surface area contributed by atoms with Gasteiger partial charge in [-0.3, -0.25) is 0 Å². The molecule has 19 heavy (non-hydrogen) atoms. The van der Waals surface area contributed by atoms with Gasteiger partial charge in [-0.25, -0.2) is 9.37 Å². The number of nitrogens with zero attached hydrogens (tertiary/aromatic N) is 1. The van der Waals surface area contributed by atoms with Crippen LogP contribution in [0.1, 0.15) is 37.8 Å². The van der Waals surface area contributed by atoms with Gasteiger partial charge >= 0.3 is 0 Å². The topological polar surface area (TPSA) is 38.1 Å². The Hall–Kier alpha value is -1.68. The molecule has 0 saturated heterocycles. The third-order valence-electron chi connectivity index (χ3n) is 3.04. The van der Waals surface area contributed by atoms with Crippen LogP contribution >= 0.6 is 0 Å². The minimum atomic E-state index is -0.207. The standard InChI is InChI=1S/C15H19FN2O/c1-4-7-17-11(3)15-18-9-14(19-15)12-5-6-13(16)10(2)8-12/h5-6,8-9,11,17H,4,7H2,1-3H3. The zero-order valence-corrected chi connectivity index (χ0v) is 11.5. The largest absolute Gasteiger partial charge is 0.439 e. The summed E-state index contributed by atoms with van der Waals surface area (Å²) in [5.41, 5.74) is 1.45. The second-order valence-corrected chi connectivity index (χ2v) is 4.70. The Morgan fingerprint density at radius 1 is 1.42 bits per heavy atom. The fourth-order valence-corrected chi connectivity index (χ4v) is 1.87. The fourth-order valence-electron chi connectivity index (χ4n) is 1.87. The first-order valence-electron chi connectivity index (χ1n) is 6.57. The molecule has 0 aliphatic heterocycles. The summed E-state index contributed by atoms with van der Waals surface area (Å²) in [4.78, 5) is 4.27. The molecule has 0 saturated carbocycles. The van der Waals surface area contributed by atoms with E-state index in [1.165, 1.54) is 6.07 Å². The first-order valence-corrected chi connectivity index (χ1v) is 6.57. The lowest BCUT2D eigenvalue weighted by Crippen LogP contribution is -2.19. The Morgan fingerprint density at radius 2 is 2.21 bits per heavy atom. The number of nitrogens with one attached hydrogen (secondary N) is 1. The highest BCUT2D eigenvalue weighted by atomic mass is 19.1. The highest BCUT2D eigenvalue weighted by Crippen LogP contribution is 2.24. The predicted molar refractivity (Wildman–Crippen MR) is 73.3 cm³/mol. The minimum Gasteiger partial charge on any atom is -0.439 e. The highest BCUT2D eigenvalue weighted by molar-refractivity contribution is 5.57. The van der Waals surface area contributed by atoms with Gasteiger partial charge in [0, 0.05) is 5.56 Å². The molecule has 2 aromatic rings. The van der Waals surface area contributed by atoms with Crippen molar-refractivity contribution in [2.24, 2.45) is 0 Å². The maximum atomic E-state index is 13.2. The van der Waals surface area contributed by atoms with Gasteiger partial charge in [0.2, 0.25) is 5.89 Å². The van der Waals surface area contributed by atoms with Gasteiger partial charge in [-0.05, 0) is 50.6 Å². The molecule has 1 unspecified atom stereocenters. The Bertz CT molecular complexity index is 551. The quantitative estimate of drug-likeness (QED) is 0.889. The number of aromatic nitrogens is 1. The summed E-state index contributed by atoms with van der Waals surface area (Å²) in [6, 6.07) is 5.00. The van der Waals surface area contributed by atoms with E-state index in [0.29, 0.717) is 17.2 Å². The smallest absolute Gasteiger partial charge is 0.211 e. The highest BCUT2D eigenvalue weighted by Gasteiger charge is 2.13. The molecule has 2 rings (SSSR count). The molecule has 0 aliphatic carbocycles. The van der Waals surface area contributed by atoms with Crippen LogP contribution in [0.4, 0.5) is 4.39 Å².